The first-order chi connectivity index (χ1) is 6.83. The van der Waals surface area contributed by atoms with Gasteiger partial charge < -0.3 is 5.73 Å². The molecule has 0 aromatic heterocycles. The first-order valence-corrected chi connectivity index (χ1v) is 6.58. The monoisotopic (exact) mass is 211 g/mol. The molecule has 1 aliphatic rings. The van der Waals surface area contributed by atoms with Crippen LogP contribution in [0.2, 0.25) is 0 Å². The lowest BCUT2D eigenvalue weighted by molar-refractivity contribution is 0.0924. The van der Waals surface area contributed by atoms with E-state index in [0.29, 0.717) is 11.5 Å². The maximum absolute atomic E-state index is 6.33. The second-order valence-corrected chi connectivity index (χ2v) is 6.78. The van der Waals surface area contributed by atoms with Crippen molar-refractivity contribution in [2.45, 2.75) is 66.3 Å². The zero-order chi connectivity index (χ0) is 11.6. The fourth-order valence-electron chi connectivity index (χ4n) is 3.60. The summed E-state index contributed by atoms with van der Waals surface area (Å²) in [5.41, 5.74) is 6.76. The van der Waals surface area contributed by atoms with Gasteiger partial charge in [0.05, 0.1) is 0 Å². The van der Waals surface area contributed by atoms with E-state index in [1.807, 2.05) is 0 Å². The average molecular weight is 211 g/mol. The minimum atomic E-state index is 0.424. The van der Waals surface area contributed by atoms with Crippen molar-refractivity contribution in [3.8, 4) is 0 Å². The van der Waals surface area contributed by atoms with Gasteiger partial charge in [0.1, 0.15) is 0 Å². The molecule has 0 spiro atoms. The summed E-state index contributed by atoms with van der Waals surface area (Å²) in [6, 6.07) is 0.433. The van der Waals surface area contributed by atoms with Crippen LogP contribution in [0.15, 0.2) is 0 Å². The fraction of sp³-hybridized carbons (Fsp3) is 1.00. The predicted octanol–water partition coefficient (Wildman–Crippen LogP) is 3.82. The summed E-state index contributed by atoms with van der Waals surface area (Å²) in [6.45, 7) is 11.8. The van der Waals surface area contributed by atoms with E-state index in [0.717, 1.165) is 17.8 Å². The second-order valence-electron chi connectivity index (χ2n) is 6.78. The van der Waals surface area contributed by atoms with Gasteiger partial charge in [0.15, 0.2) is 0 Å². The highest BCUT2D eigenvalue weighted by Gasteiger charge is 2.37. The van der Waals surface area contributed by atoms with Gasteiger partial charge in [-0.3, -0.25) is 0 Å². The molecule has 15 heavy (non-hydrogen) atoms. The van der Waals surface area contributed by atoms with Crippen LogP contribution in [0, 0.1) is 23.2 Å². The van der Waals surface area contributed by atoms with E-state index in [1.165, 1.54) is 25.7 Å². The third kappa shape index (κ3) is 3.48. The van der Waals surface area contributed by atoms with Crippen molar-refractivity contribution in [3.63, 3.8) is 0 Å². The van der Waals surface area contributed by atoms with Gasteiger partial charge in [0.25, 0.3) is 0 Å². The minimum absolute atomic E-state index is 0.424. The molecule has 1 rings (SSSR count). The van der Waals surface area contributed by atoms with Gasteiger partial charge in [-0.15, -0.1) is 0 Å². The van der Waals surface area contributed by atoms with E-state index in [4.69, 9.17) is 5.73 Å². The Morgan fingerprint density at radius 2 is 1.87 bits per heavy atom. The van der Waals surface area contributed by atoms with Gasteiger partial charge in [0, 0.05) is 6.04 Å². The van der Waals surface area contributed by atoms with Crippen LogP contribution in [-0.2, 0) is 0 Å². The Balaban J connectivity index is 2.61. The van der Waals surface area contributed by atoms with Crippen molar-refractivity contribution in [2.75, 3.05) is 0 Å². The van der Waals surface area contributed by atoms with E-state index in [1.54, 1.807) is 0 Å². The maximum Gasteiger partial charge on any atom is 0.00747 e. The van der Waals surface area contributed by atoms with E-state index < -0.39 is 0 Å². The fourth-order valence-corrected chi connectivity index (χ4v) is 3.60. The lowest BCUT2D eigenvalue weighted by atomic mass is 9.64. The zero-order valence-electron chi connectivity index (χ0n) is 11.2. The lowest BCUT2D eigenvalue weighted by Crippen LogP contribution is -2.44. The Kier molecular flexibility index (Phi) is 4.22. The molecule has 1 heteroatoms. The van der Waals surface area contributed by atoms with Gasteiger partial charge in [-0.25, -0.2) is 0 Å². The zero-order valence-corrected chi connectivity index (χ0v) is 11.2. The molecule has 0 radical (unpaired) electrons. The summed E-state index contributed by atoms with van der Waals surface area (Å²) in [5, 5.41) is 0. The third-order valence-electron chi connectivity index (χ3n) is 4.10. The Hall–Kier alpha value is -0.0400. The number of nitrogens with two attached hydrogens (primary N) is 1. The highest BCUT2D eigenvalue weighted by Crippen LogP contribution is 2.42. The number of rotatable bonds is 3. The van der Waals surface area contributed by atoms with E-state index in [9.17, 15) is 0 Å². The van der Waals surface area contributed by atoms with Gasteiger partial charge in [0.2, 0.25) is 0 Å². The highest BCUT2D eigenvalue weighted by atomic mass is 14.7. The van der Waals surface area contributed by atoms with Crippen LogP contribution >= 0.6 is 0 Å². The van der Waals surface area contributed by atoms with Crippen molar-refractivity contribution in [2.24, 2.45) is 28.9 Å². The molecule has 0 aromatic carbocycles. The van der Waals surface area contributed by atoms with Gasteiger partial charge in [-0.2, -0.15) is 0 Å². The summed E-state index contributed by atoms with van der Waals surface area (Å²) in [4.78, 5) is 0. The standard InChI is InChI=1S/C14H29N/c1-10(2)9-14(4,5)12-7-6-11(3)8-13(12)15/h10-13H,6-9,15H2,1-5H3. The van der Waals surface area contributed by atoms with Crippen molar-refractivity contribution in [3.05, 3.63) is 0 Å². The molecule has 1 nitrogen and oxygen atoms in total. The Morgan fingerprint density at radius 3 is 2.33 bits per heavy atom. The summed E-state index contributed by atoms with van der Waals surface area (Å²) in [5.74, 6) is 2.36. The summed E-state index contributed by atoms with van der Waals surface area (Å²) in [7, 11) is 0. The summed E-state index contributed by atoms with van der Waals surface area (Å²) in [6.07, 6.45) is 5.24. The summed E-state index contributed by atoms with van der Waals surface area (Å²) >= 11 is 0. The maximum atomic E-state index is 6.33. The molecule has 90 valence electrons. The number of hydrogen-bond acceptors (Lipinski definition) is 1. The SMILES string of the molecule is CC(C)CC(C)(C)C1CCC(C)CC1N. The second kappa shape index (κ2) is 4.86. The molecule has 2 N–H and O–H groups in total. The Labute approximate surface area is 95.8 Å². The van der Waals surface area contributed by atoms with Crippen LogP contribution < -0.4 is 5.73 Å². The third-order valence-corrected chi connectivity index (χ3v) is 4.10. The van der Waals surface area contributed by atoms with E-state index in [2.05, 4.69) is 34.6 Å². The van der Waals surface area contributed by atoms with Crippen LogP contribution in [0.4, 0.5) is 0 Å². The van der Waals surface area contributed by atoms with Crippen molar-refractivity contribution in [1.82, 2.24) is 0 Å². The van der Waals surface area contributed by atoms with Crippen molar-refractivity contribution < 1.29 is 0 Å². The Bertz CT molecular complexity index is 196. The molecule has 0 aliphatic heterocycles. The lowest BCUT2D eigenvalue weighted by Gasteiger charge is -2.43. The van der Waals surface area contributed by atoms with Gasteiger partial charge in [-0.1, -0.05) is 41.0 Å². The molecular formula is C14H29N. The minimum Gasteiger partial charge on any atom is -0.327 e. The highest BCUT2D eigenvalue weighted by molar-refractivity contribution is 4.90. The molecule has 1 aliphatic carbocycles. The van der Waals surface area contributed by atoms with Gasteiger partial charge >= 0.3 is 0 Å². The largest absolute Gasteiger partial charge is 0.327 e. The molecule has 0 bridgehead atoms. The molecule has 3 atom stereocenters. The van der Waals surface area contributed by atoms with Crippen LogP contribution in [0.3, 0.4) is 0 Å². The number of hydrogen-bond donors (Lipinski definition) is 1. The topological polar surface area (TPSA) is 26.0 Å². The molecular weight excluding hydrogens is 182 g/mol. The van der Waals surface area contributed by atoms with E-state index >= 15 is 0 Å². The first-order valence-electron chi connectivity index (χ1n) is 6.58. The van der Waals surface area contributed by atoms with Crippen LogP contribution in [0.25, 0.3) is 0 Å². The molecule has 0 amide bonds. The quantitative estimate of drug-likeness (QED) is 0.754. The van der Waals surface area contributed by atoms with Crippen LogP contribution in [-0.4, -0.2) is 6.04 Å². The normalized spacial score (nSPS) is 33.4. The smallest absolute Gasteiger partial charge is 0.00747 e. The predicted molar refractivity (Wildman–Crippen MR) is 67.7 cm³/mol. The Morgan fingerprint density at radius 1 is 1.27 bits per heavy atom. The molecule has 3 unspecified atom stereocenters. The first kappa shape index (κ1) is 13.0. The van der Waals surface area contributed by atoms with E-state index in [-0.39, 0.29) is 0 Å². The molecule has 0 heterocycles. The van der Waals surface area contributed by atoms with Crippen molar-refractivity contribution in [1.29, 1.82) is 0 Å². The van der Waals surface area contributed by atoms with Crippen molar-refractivity contribution >= 4 is 0 Å². The molecule has 0 saturated heterocycles. The van der Waals surface area contributed by atoms with Crippen LogP contribution in [0.5, 0.6) is 0 Å². The molecule has 1 fully saturated rings. The van der Waals surface area contributed by atoms with Gasteiger partial charge in [-0.05, 0) is 42.4 Å². The molecule has 1 saturated carbocycles. The molecule has 0 aromatic rings. The average Bonchev–Trinajstić information content (AvgIpc) is 1.99. The van der Waals surface area contributed by atoms with Crippen LogP contribution in [0.1, 0.15) is 60.3 Å². The summed E-state index contributed by atoms with van der Waals surface area (Å²) < 4.78 is 0.